The smallest absolute Gasteiger partial charge is 0.258 e. The second-order valence-electron chi connectivity index (χ2n) is 6.30. The number of nitrogens with zero attached hydrogens (tertiary/aromatic N) is 2. The van der Waals surface area contributed by atoms with Gasteiger partial charge in [-0.2, -0.15) is 4.31 Å². The molecule has 26 heavy (non-hydrogen) atoms. The van der Waals surface area contributed by atoms with Gasteiger partial charge in [0.2, 0.25) is 10.0 Å². The minimum absolute atomic E-state index is 0.0936. The summed E-state index contributed by atoms with van der Waals surface area (Å²) in [6, 6.07) is 14.2. The highest BCUT2D eigenvalue weighted by atomic mass is 32.2. The molecular formula is C20H24N2O3S. The zero-order chi connectivity index (χ0) is 18.7. The summed E-state index contributed by atoms with van der Waals surface area (Å²) < 4.78 is 26.6. The Morgan fingerprint density at radius 1 is 1.04 bits per heavy atom. The monoisotopic (exact) mass is 372 g/mol. The van der Waals surface area contributed by atoms with Gasteiger partial charge < -0.3 is 4.90 Å². The molecule has 1 amide bonds. The summed E-state index contributed by atoms with van der Waals surface area (Å²) in [5.74, 6) is -0.0936. The fraction of sp³-hybridized carbons (Fsp3) is 0.350. The van der Waals surface area contributed by atoms with Crippen LogP contribution in [0.25, 0.3) is 0 Å². The lowest BCUT2D eigenvalue weighted by atomic mass is 10.0. The van der Waals surface area contributed by atoms with Crippen molar-refractivity contribution in [1.82, 2.24) is 4.31 Å². The third kappa shape index (κ3) is 3.39. The van der Waals surface area contributed by atoms with Gasteiger partial charge in [0, 0.05) is 30.9 Å². The van der Waals surface area contributed by atoms with E-state index in [9.17, 15) is 13.2 Å². The molecule has 0 radical (unpaired) electrons. The highest BCUT2D eigenvalue weighted by molar-refractivity contribution is 7.89. The van der Waals surface area contributed by atoms with E-state index in [0.717, 1.165) is 18.5 Å². The van der Waals surface area contributed by atoms with Crippen LogP contribution in [0, 0.1) is 0 Å². The van der Waals surface area contributed by atoms with Crippen LogP contribution in [0.3, 0.4) is 0 Å². The van der Waals surface area contributed by atoms with Gasteiger partial charge in [0.1, 0.15) is 0 Å². The van der Waals surface area contributed by atoms with Gasteiger partial charge in [-0.05, 0) is 48.7 Å². The predicted octanol–water partition coefficient (Wildman–Crippen LogP) is 3.31. The largest absolute Gasteiger partial charge is 0.308 e. The summed E-state index contributed by atoms with van der Waals surface area (Å²) in [5.41, 5.74) is 2.62. The van der Waals surface area contributed by atoms with Crippen molar-refractivity contribution >= 4 is 21.6 Å². The van der Waals surface area contributed by atoms with Crippen molar-refractivity contribution in [2.24, 2.45) is 0 Å². The lowest BCUT2D eigenvalue weighted by Crippen LogP contribution is -2.35. The number of amides is 1. The second kappa shape index (κ2) is 7.60. The van der Waals surface area contributed by atoms with Crippen molar-refractivity contribution in [3.8, 4) is 0 Å². The van der Waals surface area contributed by atoms with E-state index in [1.165, 1.54) is 22.0 Å². The molecule has 138 valence electrons. The van der Waals surface area contributed by atoms with Gasteiger partial charge in [0.15, 0.2) is 0 Å². The van der Waals surface area contributed by atoms with E-state index < -0.39 is 10.0 Å². The summed E-state index contributed by atoms with van der Waals surface area (Å²) in [6.45, 7) is 5.14. The number of rotatable bonds is 5. The molecule has 6 heteroatoms. The van der Waals surface area contributed by atoms with E-state index >= 15 is 0 Å². The number of carbonyl (C=O) groups is 1. The van der Waals surface area contributed by atoms with Crippen LogP contribution < -0.4 is 4.90 Å². The summed E-state index contributed by atoms with van der Waals surface area (Å²) >= 11 is 0. The second-order valence-corrected chi connectivity index (χ2v) is 8.24. The fourth-order valence-corrected chi connectivity index (χ4v) is 4.84. The third-order valence-electron chi connectivity index (χ3n) is 4.80. The van der Waals surface area contributed by atoms with E-state index in [-0.39, 0.29) is 10.8 Å². The van der Waals surface area contributed by atoms with E-state index in [4.69, 9.17) is 0 Å². The molecule has 5 nitrogen and oxygen atoms in total. The molecule has 0 unspecified atom stereocenters. The minimum Gasteiger partial charge on any atom is -0.308 e. The molecule has 0 saturated carbocycles. The molecule has 0 saturated heterocycles. The van der Waals surface area contributed by atoms with Crippen LogP contribution in [0.2, 0.25) is 0 Å². The highest BCUT2D eigenvalue weighted by Crippen LogP contribution is 2.28. The number of hydrogen-bond donors (Lipinski definition) is 0. The average molecular weight is 372 g/mol. The van der Waals surface area contributed by atoms with Crippen molar-refractivity contribution in [2.45, 2.75) is 31.6 Å². The molecule has 0 bridgehead atoms. The maximum absolute atomic E-state index is 12.9. The highest BCUT2D eigenvalue weighted by Gasteiger charge is 2.25. The van der Waals surface area contributed by atoms with Gasteiger partial charge in [-0.1, -0.05) is 32.0 Å². The lowest BCUT2D eigenvalue weighted by Gasteiger charge is -2.29. The number of hydrogen-bond acceptors (Lipinski definition) is 3. The summed E-state index contributed by atoms with van der Waals surface area (Å²) in [5, 5.41) is 0. The van der Waals surface area contributed by atoms with Gasteiger partial charge in [-0.3, -0.25) is 4.79 Å². The van der Waals surface area contributed by atoms with Crippen molar-refractivity contribution in [2.75, 3.05) is 24.5 Å². The van der Waals surface area contributed by atoms with Crippen LogP contribution in [0.15, 0.2) is 53.4 Å². The first kappa shape index (κ1) is 18.6. The number of anilines is 1. The Balaban J connectivity index is 1.87. The standard InChI is InChI=1S/C20H24N2O3S/c1-3-21(4-2)26(24,25)18-13-11-17(12-14-18)20(23)22-15-7-9-16-8-5-6-10-19(16)22/h5-6,8,10-14H,3-4,7,9,15H2,1-2H3. The lowest BCUT2D eigenvalue weighted by molar-refractivity contribution is 0.0985. The zero-order valence-corrected chi connectivity index (χ0v) is 16.0. The third-order valence-corrected chi connectivity index (χ3v) is 6.86. The first-order valence-corrected chi connectivity index (χ1v) is 10.4. The van der Waals surface area contributed by atoms with Gasteiger partial charge >= 0.3 is 0 Å². The topological polar surface area (TPSA) is 57.7 Å². The Morgan fingerprint density at radius 2 is 1.69 bits per heavy atom. The van der Waals surface area contributed by atoms with Gasteiger partial charge in [0.05, 0.1) is 4.90 Å². The van der Waals surface area contributed by atoms with Gasteiger partial charge in [-0.25, -0.2) is 8.42 Å². The van der Waals surface area contributed by atoms with Gasteiger partial charge in [0.25, 0.3) is 5.91 Å². The Bertz CT molecular complexity index is 888. The number of sulfonamides is 1. The number of carbonyl (C=O) groups excluding carboxylic acids is 1. The predicted molar refractivity (Wildman–Crippen MR) is 103 cm³/mol. The zero-order valence-electron chi connectivity index (χ0n) is 15.2. The van der Waals surface area contributed by atoms with Crippen molar-refractivity contribution in [3.63, 3.8) is 0 Å². The molecule has 3 rings (SSSR count). The minimum atomic E-state index is -3.51. The van der Waals surface area contributed by atoms with Crippen LogP contribution in [0.4, 0.5) is 5.69 Å². The molecule has 0 spiro atoms. The molecule has 1 aliphatic heterocycles. The van der Waals surface area contributed by atoms with E-state index in [1.54, 1.807) is 17.0 Å². The summed E-state index contributed by atoms with van der Waals surface area (Å²) in [7, 11) is -3.51. The van der Waals surface area contributed by atoms with Crippen LogP contribution >= 0.6 is 0 Å². The molecule has 2 aromatic carbocycles. The maximum atomic E-state index is 12.9. The summed E-state index contributed by atoms with van der Waals surface area (Å²) in [6.07, 6.45) is 1.90. The Kier molecular flexibility index (Phi) is 5.44. The van der Waals surface area contributed by atoms with E-state index in [0.29, 0.717) is 25.2 Å². The first-order chi connectivity index (χ1) is 12.5. The molecule has 0 aromatic heterocycles. The molecule has 1 aliphatic rings. The normalized spacial score (nSPS) is 14.3. The maximum Gasteiger partial charge on any atom is 0.258 e. The first-order valence-electron chi connectivity index (χ1n) is 8.99. The van der Waals surface area contributed by atoms with Crippen LogP contribution in [0.5, 0.6) is 0 Å². The fourth-order valence-electron chi connectivity index (χ4n) is 3.38. The van der Waals surface area contributed by atoms with Crippen LogP contribution in [-0.4, -0.2) is 38.3 Å². The molecule has 0 fully saturated rings. The van der Waals surface area contributed by atoms with Crippen molar-refractivity contribution in [3.05, 3.63) is 59.7 Å². The van der Waals surface area contributed by atoms with Crippen molar-refractivity contribution in [1.29, 1.82) is 0 Å². The molecule has 0 aliphatic carbocycles. The molecule has 0 atom stereocenters. The van der Waals surface area contributed by atoms with Crippen LogP contribution in [0.1, 0.15) is 36.2 Å². The number of para-hydroxylation sites is 1. The van der Waals surface area contributed by atoms with E-state index in [1.807, 2.05) is 32.0 Å². The number of benzene rings is 2. The van der Waals surface area contributed by atoms with Crippen LogP contribution in [-0.2, 0) is 16.4 Å². The Labute approximate surface area is 155 Å². The number of fused-ring (bicyclic) bond motifs is 1. The molecule has 1 heterocycles. The Morgan fingerprint density at radius 3 is 2.35 bits per heavy atom. The SMILES string of the molecule is CCN(CC)S(=O)(=O)c1ccc(C(=O)N2CCCc3ccccc32)cc1. The Hall–Kier alpha value is -2.18. The molecular weight excluding hydrogens is 348 g/mol. The molecule has 0 N–H and O–H groups in total. The average Bonchev–Trinajstić information content (AvgIpc) is 2.68. The van der Waals surface area contributed by atoms with Crippen molar-refractivity contribution < 1.29 is 13.2 Å². The summed E-state index contributed by atoms with van der Waals surface area (Å²) in [4.78, 5) is 14.9. The molecule has 2 aromatic rings. The quantitative estimate of drug-likeness (QED) is 0.809. The van der Waals surface area contributed by atoms with Gasteiger partial charge in [-0.15, -0.1) is 0 Å². The van der Waals surface area contributed by atoms with E-state index in [2.05, 4.69) is 6.07 Å². The number of aryl methyl sites for hydroxylation is 1.